The largest absolute Gasteiger partial charge is 0.493 e. The number of hydrogen-bond donors (Lipinski definition) is 1. The number of H-pyrrole nitrogens is 1. The third-order valence-corrected chi connectivity index (χ3v) is 2.90. The molecule has 4 heteroatoms. The predicted octanol–water partition coefficient (Wildman–Crippen LogP) is 2.90. The van der Waals surface area contributed by atoms with E-state index in [1.54, 1.807) is 6.07 Å². The number of nitriles is 1. The summed E-state index contributed by atoms with van der Waals surface area (Å²) < 4.78 is 5.68. The number of aromatic nitrogens is 1. The second-order valence-corrected chi connectivity index (χ2v) is 4.41. The molecule has 20 heavy (non-hydrogen) atoms. The van der Waals surface area contributed by atoms with Gasteiger partial charge in [-0.05, 0) is 24.6 Å². The average Bonchev–Trinajstić information content (AvgIpc) is 2.48. The zero-order chi connectivity index (χ0) is 14.4. The van der Waals surface area contributed by atoms with Gasteiger partial charge in [0.15, 0.2) is 0 Å². The predicted molar refractivity (Wildman–Crippen MR) is 77.6 cm³/mol. The second-order valence-electron chi connectivity index (χ2n) is 4.41. The molecule has 1 heterocycles. The highest BCUT2D eigenvalue weighted by molar-refractivity contribution is 5.67. The molecule has 0 atom stereocenters. The first-order chi connectivity index (χ1) is 9.76. The summed E-state index contributed by atoms with van der Waals surface area (Å²) in [5.74, 6) is 0.748. The van der Waals surface area contributed by atoms with Gasteiger partial charge >= 0.3 is 0 Å². The standard InChI is InChI=1S/C16H16N2O2/c1-2-11-20-15-6-4-3-5-13(15)14-8-7-12(9-10-17)16(19)18-14/h3-8H,2,9,11H2,1H3,(H,18,19). The number of ether oxygens (including phenoxy) is 1. The van der Waals surface area contributed by atoms with Crippen molar-refractivity contribution in [2.75, 3.05) is 6.61 Å². The topological polar surface area (TPSA) is 65.9 Å². The summed E-state index contributed by atoms with van der Waals surface area (Å²) in [5, 5.41) is 8.65. The van der Waals surface area contributed by atoms with Crippen molar-refractivity contribution in [3.05, 3.63) is 52.3 Å². The van der Waals surface area contributed by atoms with Crippen LogP contribution < -0.4 is 10.3 Å². The summed E-state index contributed by atoms with van der Waals surface area (Å²) >= 11 is 0. The van der Waals surface area contributed by atoms with Gasteiger partial charge in [-0.1, -0.05) is 25.1 Å². The van der Waals surface area contributed by atoms with Gasteiger partial charge in [-0.25, -0.2) is 0 Å². The molecule has 0 spiro atoms. The van der Waals surface area contributed by atoms with Crippen LogP contribution in [-0.4, -0.2) is 11.6 Å². The zero-order valence-corrected chi connectivity index (χ0v) is 11.3. The van der Waals surface area contributed by atoms with Crippen molar-refractivity contribution in [3.63, 3.8) is 0 Å². The van der Waals surface area contributed by atoms with Crippen LogP contribution in [0, 0.1) is 11.3 Å². The van der Waals surface area contributed by atoms with Crippen LogP contribution in [0.15, 0.2) is 41.2 Å². The van der Waals surface area contributed by atoms with Crippen LogP contribution in [0.3, 0.4) is 0 Å². The molecule has 0 aliphatic heterocycles. The molecule has 0 radical (unpaired) electrons. The molecular formula is C16H16N2O2. The number of rotatable bonds is 5. The normalized spacial score (nSPS) is 10.0. The van der Waals surface area contributed by atoms with E-state index in [-0.39, 0.29) is 12.0 Å². The smallest absolute Gasteiger partial charge is 0.252 e. The van der Waals surface area contributed by atoms with Gasteiger partial charge in [0.25, 0.3) is 5.56 Å². The number of benzene rings is 1. The highest BCUT2D eigenvalue weighted by atomic mass is 16.5. The summed E-state index contributed by atoms with van der Waals surface area (Å²) in [7, 11) is 0. The number of nitrogens with one attached hydrogen (secondary N) is 1. The lowest BCUT2D eigenvalue weighted by molar-refractivity contribution is 0.318. The Kier molecular flexibility index (Phi) is 4.56. The number of nitrogens with zero attached hydrogens (tertiary/aromatic N) is 1. The fraction of sp³-hybridized carbons (Fsp3) is 0.250. The van der Waals surface area contributed by atoms with Crippen molar-refractivity contribution < 1.29 is 4.74 Å². The molecule has 0 aliphatic rings. The molecule has 1 aromatic carbocycles. The fourth-order valence-electron chi connectivity index (χ4n) is 1.91. The maximum atomic E-state index is 11.9. The Hall–Kier alpha value is -2.54. The summed E-state index contributed by atoms with van der Waals surface area (Å²) in [5.41, 5.74) is 1.79. The Balaban J connectivity index is 2.39. The van der Waals surface area contributed by atoms with Crippen LogP contribution in [0.5, 0.6) is 5.75 Å². The lowest BCUT2D eigenvalue weighted by Gasteiger charge is -2.10. The number of aromatic amines is 1. The number of para-hydroxylation sites is 1. The van der Waals surface area contributed by atoms with Crippen molar-refractivity contribution in [1.82, 2.24) is 4.98 Å². The quantitative estimate of drug-likeness (QED) is 0.906. The van der Waals surface area contributed by atoms with Crippen LogP contribution in [-0.2, 0) is 6.42 Å². The molecule has 4 nitrogen and oxygen atoms in total. The maximum absolute atomic E-state index is 11.9. The van der Waals surface area contributed by atoms with Gasteiger partial charge in [0, 0.05) is 11.1 Å². The van der Waals surface area contributed by atoms with Gasteiger partial charge in [-0.15, -0.1) is 0 Å². The second kappa shape index (κ2) is 6.58. The monoisotopic (exact) mass is 268 g/mol. The van der Waals surface area contributed by atoms with E-state index in [1.807, 2.05) is 43.3 Å². The zero-order valence-electron chi connectivity index (χ0n) is 11.3. The van der Waals surface area contributed by atoms with Crippen LogP contribution in [0.25, 0.3) is 11.3 Å². The first-order valence-corrected chi connectivity index (χ1v) is 6.57. The third-order valence-electron chi connectivity index (χ3n) is 2.90. The van der Waals surface area contributed by atoms with E-state index in [9.17, 15) is 4.79 Å². The van der Waals surface area contributed by atoms with Gasteiger partial charge < -0.3 is 9.72 Å². The lowest BCUT2D eigenvalue weighted by atomic mass is 10.1. The Labute approximate surface area is 117 Å². The fourth-order valence-corrected chi connectivity index (χ4v) is 1.91. The Morgan fingerprint density at radius 3 is 2.75 bits per heavy atom. The van der Waals surface area contributed by atoms with Gasteiger partial charge in [0.1, 0.15) is 5.75 Å². The van der Waals surface area contributed by atoms with Gasteiger partial charge in [-0.2, -0.15) is 5.26 Å². The molecule has 0 saturated heterocycles. The minimum atomic E-state index is -0.227. The van der Waals surface area contributed by atoms with E-state index in [2.05, 4.69) is 4.98 Å². The molecular weight excluding hydrogens is 252 g/mol. The van der Waals surface area contributed by atoms with Gasteiger partial charge in [0.2, 0.25) is 0 Å². The van der Waals surface area contributed by atoms with Gasteiger partial charge in [-0.3, -0.25) is 4.79 Å². The first kappa shape index (κ1) is 13.9. The molecule has 1 N–H and O–H groups in total. The molecule has 102 valence electrons. The molecule has 0 saturated carbocycles. The molecule has 0 bridgehead atoms. The minimum Gasteiger partial charge on any atom is -0.493 e. The van der Waals surface area contributed by atoms with E-state index in [1.165, 1.54) is 0 Å². The van der Waals surface area contributed by atoms with E-state index in [0.717, 1.165) is 17.7 Å². The van der Waals surface area contributed by atoms with Crippen LogP contribution in [0.4, 0.5) is 0 Å². The summed E-state index contributed by atoms with van der Waals surface area (Å²) in [6, 6.07) is 13.1. The SMILES string of the molecule is CCCOc1ccccc1-c1ccc(CC#N)c(=O)[nH]1. The first-order valence-electron chi connectivity index (χ1n) is 6.57. The van der Waals surface area contributed by atoms with E-state index in [0.29, 0.717) is 17.9 Å². The molecule has 2 rings (SSSR count). The third kappa shape index (κ3) is 3.07. The number of pyridine rings is 1. The maximum Gasteiger partial charge on any atom is 0.252 e. The lowest BCUT2D eigenvalue weighted by Crippen LogP contribution is -2.12. The van der Waals surface area contributed by atoms with Crippen molar-refractivity contribution in [2.24, 2.45) is 0 Å². The van der Waals surface area contributed by atoms with Crippen molar-refractivity contribution in [2.45, 2.75) is 19.8 Å². The molecule has 0 fully saturated rings. The number of hydrogen-bond acceptors (Lipinski definition) is 3. The van der Waals surface area contributed by atoms with Crippen molar-refractivity contribution in [3.8, 4) is 23.1 Å². The van der Waals surface area contributed by atoms with Crippen molar-refractivity contribution in [1.29, 1.82) is 5.26 Å². The molecule has 0 unspecified atom stereocenters. The van der Waals surface area contributed by atoms with E-state index < -0.39 is 0 Å². The molecule has 1 aromatic heterocycles. The summed E-state index contributed by atoms with van der Waals surface area (Å²) in [4.78, 5) is 14.7. The minimum absolute atomic E-state index is 0.115. The highest BCUT2D eigenvalue weighted by Crippen LogP contribution is 2.27. The molecule has 2 aromatic rings. The summed E-state index contributed by atoms with van der Waals surface area (Å²) in [6.45, 7) is 2.68. The molecule has 0 aliphatic carbocycles. The Morgan fingerprint density at radius 2 is 2.05 bits per heavy atom. The Bertz CT molecular complexity index is 683. The van der Waals surface area contributed by atoms with Crippen LogP contribution in [0.2, 0.25) is 0 Å². The van der Waals surface area contributed by atoms with Crippen LogP contribution >= 0.6 is 0 Å². The molecule has 0 amide bonds. The Morgan fingerprint density at radius 1 is 1.25 bits per heavy atom. The van der Waals surface area contributed by atoms with E-state index >= 15 is 0 Å². The average molecular weight is 268 g/mol. The van der Waals surface area contributed by atoms with E-state index in [4.69, 9.17) is 10.00 Å². The van der Waals surface area contributed by atoms with Crippen LogP contribution in [0.1, 0.15) is 18.9 Å². The van der Waals surface area contributed by atoms with Crippen molar-refractivity contribution >= 4 is 0 Å². The summed E-state index contributed by atoms with van der Waals surface area (Å²) in [6.07, 6.45) is 1.04. The van der Waals surface area contributed by atoms with Gasteiger partial charge in [0.05, 0.1) is 24.8 Å². The highest BCUT2D eigenvalue weighted by Gasteiger charge is 2.08.